The molecular weight excluding hydrogens is 190 g/mol. The first-order chi connectivity index (χ1) is 6.88. The maximum absolute atomic E-state index is 4.24. The van der Waals surface area contributed by atoms with Gasteiger partial charge in [0.25, 0.3) is 0 Å². The lowest BCUT2D eigenvalue weighted by atomic mass is 10.2. The van der Waals surface area contributed by atoms with E-state index < -0.39 is 0 Å². The molecule has 0 aromatic carbocycles. The van der Waals surface area contributed by atoms with E-state index in [1.807, 2.05) is 32.3 Å². The monoisotopic (exact) mass is 209 g/mol. The van der Waals surface area contributed by atoms with Crippen molar-refractivity contribution in [2.45, 2.75) is 34.1 Å². The van der Waals surface area contributed by atoms with Crippen molar-refractivity contribution in [1.29, 1.82) is 0 Å². The van der Waals surface area contributed by atoms with Crippen molar-refractivity contribution >= 4 is 16.9 Å². The molecule has 0 fully saturated rings. The molecule has 0 N–H and O–H groups in total. The molecular formula is C12H19NS. The molecule has 0 atom stereocenters. The van der Waals surface area contributed by atoms with E-state index in [-0.39, 0.29) is 0 Å². The Balaban J connectivity index is 0.000000791. The molecule has 0 aliphatic heterocycles. The second-order valence-electron chi connectivity index (χ2n) is 2.39. The van der Waals surface area contributed by atoms with Crippen molar-refractivity contribution in [3.8, 4) is 0 Å². The predicted molar refractivity (Wildman–Crippen MR) is 66.5 cm³/mol. The van der Waals surface area contributed by atoms with Gasteiger partial charge < -0.3 is 0 Å². The molecule has 0 aliphatic carbocycles. The minimum Gasteiger partial charge on any atom is -0.245 e. The Bertz CT molecular complexity index is 271. The molecule has 0 saturated heterocycles. The van der Waals surface area contributed by atoms with Crippen LogP contribution in [0, 0.1) is 0 Å². The maximum Gasteiger partial charge on any atom is 0.122 e. The summed E-state index contributed by atoms with van der Waals surface area (Å²) in [7, 11) is 0. The van der Waals surface area contributed by atoms with Crippen LogP contribution >= 0.6 is 11.3 Å². The van der Waals surface area contributed by atoms with Gasteiger partial charge in [-0.15, -0.1) is 11.3 Å². The van der Waals surface area contributed by atoms with E-state index in [0.29, 0.717) is 0 Å². The lowest BCUT2D eigenvalue weighted by Gasteiger charge is -1.93. The summed E-state index contributed by atoms with van der Waals surface area (Å²) in [5.74, 6) is 0. The summed E-state index contributed by atoms with van der Waals surface area (Å²) >= 11 is 1.68. The fourth-order valence-corrected chi connectivity index (χ4v) is 1.60. The van der Waals surface area contributed by atoms with E-state index in [9.17, 15) is 0 Å². The highest BCUT2D eigenvalue weighted by Gasteiger charge is 1.97. The van der Waals surface area contributed by atoms with Gasteiger partial charge in [0.1, 0.15) is 5.01 Å². The van der Waals surface area contributed by atoms with E-state index in [1.54, 1.807) is 11.3 Å². The number of thiazole rings is 1. The molecule has 2 heteroatoms. The minimum atomic E-state index is 1.07. The molecule has 0 unspecified atom stereocenters. The third-order valence-corrected chi connectivity index (χ3v) is 2.35. The number of hydrogen-bond donors (Lipinski definition) is 0. The van der Waals surface area contributed by atoms with Gasteiger partial charge in [-0.25, -0.2) is 4.98 Å². The van der Waals surface area contributed by atoms with Crippen LogP contribution in [-0.4, -0.2) is 4.98 Å². The fraction of sp³-hybridized carbons (Fsp3) is 0.417. The SMILES string of the molecule is C/C=C(\C=C/CC)c1nccs1.CC. The van der Waals surface area contributed by atoms with E-state index in [4.69, 9.17) is 0 Å². The van der Waals surface area contributed by atoms with Crippen LogP contribution in [0.3, 0.4) is 0 Å². The Hall–Kier alpha value is -0.890. The average Bonchev–Trinajstić information content (AvgIpc) is 2.76. The van der Waals surface area contributed by atoms with E-state index in [2.05, 4.69) is 30.1 Å². The number of hydrogen-bond acceptors (Lipinski definition) is 2. The topological polar surface area (TPSA) is 12.9 Å². The zero-order valence-corrected chi connectivity index (χ0v) is 10.3. The first-order valence-electron chi connectivity index (χ1n) is 5.11. The summed E-state index contributed by atoms with van der Waals surface area (Å²) in [4.78, 5) is 4.24. The summed E-state index contributed by atoms with van der Waals surface area (Å²) in [6, 6.07) is 0. The molecule has 1 nitrogen and oxygen atoms in total. The zero-order chi connectivity index (χ0) is 10.8. The predicted octanol–water partition coefficient (Wildman–Crippen LogP) is 4.54. The van der Waals surface area contributed by atoms with E-state index in [0.717, 1.165) is 11.4 Å². The number of rotatable bonds is 3. The van der Waals surface area contributed by atoms with Gasteiger partial charge in [0, 0.05) is 17.2 Å². The van der Waals surface area contributed by atoms with Crippen LogP contribution in [0.1, 0.15) is 39.1 Å². The first-order valence-corrected chi connectivity index (χ1v) is 5.99. The second kappa shape index (κ2) is 8.70. The van der Waals surface area contributed by atoms with Gasteiger partial charge in [-0.05, 0) is 13.3 Å². The van der Waals surface area contributed by atoms with Gasteiger partial charge in [0.2, 0.25) is 0 Å². The van der Waals surface area contributed by atoms with Crippen LogP contribution < -0.4 is 0 Å². The molecule has 0 radical (unpaired) electrons. The Kier molecular flexibility index (Phi) is 8.14. The Morgan fingerprint density at radius 1 is 1.50 bits per heavy atom. The largest absolute Gasteiger partial charge is 0.245 e. The normalized spacial score (nSPS) is 11.3. The first kappa shape index (κ1) is 13.1. The smallest absolute Gasteiger partial charge is 0.122 e. The summed E-state index contributed by atoms with van der Waals surface area (Å²) < 4.78 is 0. The molecule has 0 aliphatic rings. The average molecular weight is 209 g/mol. The maximum atomic E-state index is 4.24. The number of aromatic nitrogens is 1. The van der Waals surface area contributed by atoms with Crippen molar-refractivity contribution in [1.82, 2.24) is 4.98 Å². The van der Waals surface area contributed by atoms with Crippen molar-refractivity contribution in [3.63, 3.8) is 0 Å². The van der Waals surface area contributed by atoms with Crippen molar-refractivity contribution in [3.05, 3.63) is 34.8 Å². The quantitative estimate of drug-likeness (QED) is 0.666. The molecule has 1 heterocycles. The molecule has 14 heavy (non-hydrogen) atoms. The second-order valence-corrected chi connectivity index (χ2v) is 3.29. The van der Waals surface area contributed by atoms with Gasteiger partial charge in [0.05, 0.1) is 0 Å². The van der Waals surface area contributed by atoms with Crippen molar-refractivity contribution in [2.75, 3.05) is 0 Å². The molecule has 0 spiro atoms. The van der Waals surface area contributed by atoms with Crippen molar-refractivity contribution < 1.29 is 0 Å². The van der Waals surface area contributed by atoms with Gasteiger partial charge in [-0.2, -0.15) is 0 Å². The van der Waals surface area contributed by atoms with Crippen LogP contribution in [0.5, 0.6) is 0 Å². The lowest BCUT2D eigenvalue weighted by Crippen LogP contribution is -1.76. The Morgan fingerprint density at radius 3 is 2.64 bits per heavy atom. The van der Waals surface area contributed by atoms with Gasteiger partial charge in [-0.1, -0.05) is 39.0 Å². The molecule has 0 bridgehead atoms. The summed E-state index contributed by atoms with van der Waals surface area (Å²) in [6.45, 7) is 8.17. The molecule has 1 aromatic rings. The van der Waals surface area contributed by atoms with Crippen LogP contribution in [0.4, 0.5) is 0 Å². The molecule has 78 valence electrons. The zero-order valence-electron chi connectivity index (χ0n) is 9.45. The van der Waals surface area contributed by atoms with E-state index >= 15 is 0 Å². The molecule has 0 saturated carbocycles. The fourth-order valence-electron chi connectivity index (χ4n) is 0.902. The highest BCUT2D eigenvalue weighted by atomic mass is 32.1. The molecule has 1 aromatic heterocycles. The van der Waals surface area contributed by atoms with Crippen LogP contribution in [0.15, 0.2) is 29.8 Å². The number of allylic oxidation sites excluding steroid dienone is 4. The van der Waals surface area contributed by atoms with Gasteiger partial charge in [0.15, 0.2) is 0 Å². The highest BCUT2D eigenvalue weighted by molar-refractivity contribution is 7.10. The van der Waals surface area contributed by atoms with Gasteiger partial charge >= 0.3 is 0 Å². The van der Waals surface area contributed by atoms with Gasteiger partial charge in [-0.3, -0.25) is 0 Å². The molecule has 0 amide bonds. The standard InChI is InChI=1S/C10H13NS.C2H6/c1-3-5-6-9(4-2)10-11-7-8-12-10;1-2/h4-8H,3H2,1-2H3;1-2H3/b6-5-,9-4+;. The van der Waals surface area contributed by atoms with Crippen LogP contribution in [-0.2, 0) is 0 Å². The van der Waals surface area contributed by atoms with Crippen LogP contribution in [0.2, 0.25) is 0 Å². The number of nitrogens with zero attached hydrogens (tertiary/aromatic N) is 1. The third kappa shape index (κ3) is 4.38. The Morgan fingerprint density at radius 2 is 2.21 bits per heavy atom. The minimum absolute atomic E-state index is 1.07. The summed E-state index contributed by atoms with van der Waals surface area (Å²) in [5, 5.41) is 3.10. The molecule has 1 rings (SSSR count). The van der Waals surface area contributed by atoms with Crippen LogP contribution in [0.25, 0.3) is 5.57 Å². The summed E-state index contributed by atoms with van der Waals surface area (Å²) in [5.41, 5.74) is 1.21. The van der Waals surface area contributed by atoms with Crippen molar-refractivity contribution in [2.24, 2.45) is 0 Å². The highest BCUT2D eigenvalue weighted by Crippen LogP contribution is 2.17. The van der Waals surface area contributed by atoms with E-state index in [1.165, 1.54) is 5.57 Å². The lowest BCUT2D eigenvalue weighted by molar-refractivity contribution is 1.22. The Labute approximate surface area is 91.2 Å². The summed E-state index contributed by atoms with van der Waals surface area (Å²) in [6.07, 6.45) is 9.27. The third-order valence-electron chi connectivity index (χ3n) is 1.52.